The molecular weight excluding hydrogens is 246 g/mol. The van der Waals surface area contributed by atoms with Crippen LogP contribution in [0.4, 0.5) is 0 Å². The van der Waals surface area contributed by atoms with Crippen LogP contribution < -0.4 is 19.9 Å². The summed E-state index contributed by atoms with van der Waals surface area (Å²) in [5.41, 5.74) is 6.15. The van der Waals surface area contributed by atoms with Crippen LogP contribution in [0, 0.1) is 0 Å². The first-order valence-electron chi connectivity index (χ1n) is 5.70. The minimum Gasteiger partial charge on any atom is -0.493 e. The van der Waals surface area contributed by atoms with E-state index in [9.17, 15) is 0 Å². The standard InChI is InChI=1S/C13H15N3O3/c1-17-10-4-3-5-11(18-2)13(10)19-12-7-6-9(8-14)15-16-12/h3-7H,8,14H2,1-2H3. The molecule has 0 atom stereocenters. The lowest BCUT2D eigenvalue weighted by atomic mass is 10.3. The van der Waals surface area contributed by atoms with E-state index in [0.717, 1.165) is 0 Å². The molecule has 1 aromatic heterocycles. The molecule has 19 heavy (non-hydrogen) atoms. The molecule has 1 heterocycles. The van der Waals surface area contributed by atoms with E-state index in [1.807, 2.05) is 6.07 Å². The highest BCUT2D eigenvalue weighted by Crippen LogP contribution is 2.39. The normalized spacial score (nSPS) is 10.1. The third-order valence-electron chi connectivity index (χ3n) is 2.49. The third-order valence-corrected chi connectivity index (χ3v) is 2.49. The zero-order valence-corrected chi connectivity index (χ0v) is 10.8. The lowest BCUT2D eigenvalue weighted by Crippen LogP contribution is -2.02. The predicted octanol–water partition coefficient (Wildman–Crippen LogP) is 1.74. The van der Waals surface area contributed by atoms with Gasteiger partial charge in [-0.2, -0.15) is 5.10 Å². The van der Waals surface area contributed by atoms with Crippen LogP contribution in [0.15, 0.2) is 30.3 Å². The van der Waals surface area contributed by atoms with Gasteiger partial charge in [-0.25, -0.2) is 0 Å². The van der Waals surface area contributed by atoms with Gasteiger partial charge in [-0.1, -0.05) is 6.07 Å². The molecule has 0 fully saturated rings. The van der Waals surface area contributed by atoms with Gasteiger partial charge < -0.3 is 19.9 Å². The summed E-state index contributed by atoms with van der Waals surface area (Å²) in [6.45, 7) is 0.339. The van der Waals surface area contributed by atoms with Crippen molar-refractivity contribution in [1.82, 2.24) is 10.2 Å². The molecular formula is C13H15N3O3. The van der Waals surface area contributed by atoms with Crippen LogP contribution in [0.25, 0.3) is 0 Å². The van der Waals surface area contributed by atoms with Gasteiger partial charge in [0.25, 0.3) is 0 Å². The van der Waals surface area contributed by atoms with Crippen LogP contribution >= 0.6 is 0 Å². The van der Waals surface area contributed by atoms with Gasteiger partial charge in [0, 0.05) is 12.6 Å². The first-order chi connectivity index (χ1) is 9.28. The fourth-order valence-electron chi connectivity index (χ4n) is 1.53. The van der Waals surface area contributed by atoms with Crippen molar-refractivity contribution in [3.8, 4) is 23.1 Å². The number of benzene rings is 1. The smallest absolute Gasteiger partial charge is 0.239 e. The minimum atomic E-state index is 0.339. The van der Waals surface area contributed by atoms with Gasteiger partial charge in [-0.05, 0) is 18.2 Å². The predicted molar refractivity (Wildman–Crippen MR) is 69.5 cm³/mol. The Hall–Kier alpha value is -2.34. The number of hydrogen-bond acceptors (Lipinski definition) is 6. The maximum absolute atomic E-state index is 5.66. The number of methoxy groups -OCH3 is 2. The van der Waals surface area contributed by atoms with Gasteiger partial charge in [0.15, 0.2) is 11.5 Å². The Morgan fingerprint density at radius 3 is 2.16 bits per heavy atom. The summed E-state index contributed by atoms with van der Waals surface area (Å²) in [7, 11) is 3.12. The van der Waals surface area contributed by atoms with E-state index < -0.39 is 0 Å². The lowest BCUT2D eigenvalue weighted by molar-refractivity contribution is 0.340. The Kier molecular flexibility index (Phi) is 4.15. The van der Waals surface area contributed by atoms with Crippen molar-refractivity contribution in [1.29, 1.82) is 0 Å². The zero-order valence-electron chi connectivity index (χ0n) is 10.8. The number of ether oxygens (including phenoxy) is 3. The monoisotopic (exact) mass is 261 g/mol. The van der Waals surface area contributed by atoms with E-state index >= 15 is 0 Å². The molecule has 0 unspecified atom stereocenters. The average molecular weight is 261 g/mol. The molecule has 0 radical (unpaired) electrons. The molecule has 0 aliphatic rings. The highest BCUT2D eigenvalue weighted by Gasteiger charge is 2.13. The SMILES string of the molecule is COc1cccc(OC)c1Oc1ccc(CN)nn1. The van der Waals surface area contributed by atoms with Crippen LogP contribution in [0.5, 0.6) is 23.1 Å². The topological polar surface area (TPSA) is 79.5 Å². The molecule has 0 aliphatic heterocycles. The van der Waals surface area contributed by atoms with Crippen molar-refractivity contribution in [2.45, 2.75) is 6.54 Å². The van der Waals surface area contributed by atoms with E-state index in [0.29, 0.717) is 35.4 Å². The van der Waals surface area contributed by atoms with E-state index in [1.54, 1.807) is 38.5 Å². The largest absolute Gasteiger partial charge is 0.493 e. The summed E-state index contributed by atoms with van der Waals surface area (Å²) in [5.74, 6) is 1.93. The molecule has 0 amide bonds. The van der Waals surface area contributed by atoms with Crippen molar-refractivity contribution < 1.29 is 14.2 Å². The maximum Gasteiger partial charge on any atom is 0.239 e. The molecule has 0 bridgehead atoms. The second kappa shape index (κ2) is 6.01. The van der Waals surface area contributed by atoms with Crippen LogP contribution in [0.1, 0.15) is 5.69 Å². The first kappa shape index (κ1) is 13.1. The van der Waals surface area contributed by atoms with Crippen LogP contribution in [-0.2, 0) is 6.54 Å². The maximum atomic E-state index is 5.66. The van der Waals surface area contributed by atoms with Crippen molar-refractivity contribution >= 4 is 0 Å². The molecule has 2 N–H and O–H groups in total. The summed E-state index contributed by atoms with van der Waals surface area (Å²) in [4.78, 5) is 0. The number of hydrogen-bond donors (Lipinski definition) is 1. The molecule has 6 heteroatoms. The second-order valence-corrected chi connectivity index (χ2v) is 3.66. The zero-order chi connectivity index (χ0) is 13.7. The second-order valence-electron chi connectivity index (χ2n) is 3.66. The highest BCUT2D eigenvalue weighted by atomic mass is 16.5. The van der Waals surface area contributed by atoms with Crippen LogP contribution in [0.3, 0.4) is 0 Å². The molecule has 0 saturated heterocycles. The van der Waals surface area contributed by atoms with E-state index in [4.69, 9.17) is 19.9 Å². The number of nitrogens with zero attached hydrogens (tertiary/aromatic N) is 2. The Labute approximate surface area is 111 Å². The van der Waals surface area contributed by atoms with Gasteiger partial charge in [0.2, 0.25) is 11.6 Å². The Morgan fingerprint density at radius 2 is 1.68 bits per heavy atom. The van der Waals surface area contributed by atoms with Gasteiger partial charge >= 0.3 is 0 Å². The molecule has 6 nitrogen and oxygen atoms in total. The Morgan fingerprint density at radius 1 is 1.00 bits per heavy atom. The van der Waals surface area contributed by atoms with E-state index in [-0.39, 0.29) is 0 Å². The number of aromatic nitrogens is 2. The number of para-hydroxylation sites is 1. The number of nitrogens with two attached hydrogens (primary N) is 1. The molecule has 100 valence electrons. The summed E-state index contributed by atoms with van der Waals surface area (Å²) < 4.78 is 16.1. The van der Waals surface area contributed by atoms with Crippen molar-refractivity contribution in [3.63, 3.8) is 0 Å². The minimum absolute atomic E-state index is 0.339. The summed E-state index contributed by atoms with van der Waals surface area (Å²) >= 11 is 0. The van der Waals surface area contributed by atoms with Crippen LogP contribution in [0.2, 0.25) is 0 Å². The van der Waals surface area contributed by atoms with Crippen molar-refractivity contribution in [2.24, 2.45) is 5.73 Å². The van der Waals surface area contributed by atoms with Gasteiger partial charge in [-0.15, -0.1) is 5.10 Å². The highest BCUT2D eigenvalue weighted by molar-refractivity contribution is 5.52. The summed E-state index contributed by atoms with van der Waals surface area (Å²) in [6.07, 6.45) is 0. The molecule has 0 aliphatic carbocycles. The van der Waals surface area contributed by atoms with Crippen LogP contribution in [-0.4, -0.2) is 24.4 Å². The quantitative estimate of drug-likeness (QED) is 0.883. The van der Waals surface area contributed by atoms with Crippen molar-refractivity contribution in [3.05, 3.63) is 36.0 Å². The number of rotatable bonds is 5. The van der Waals surface area contributed by atoms with Gasteiger partial charge in [0.05, 0.1) is 19.9 Å². The van der Waals surface area contributed by atoms with Crippen molar-refractivity contribution in [2.75, 3.05) is 14.2 Å². The molecule has 1 aromatic carbocycles. The van der Waals surface area contributed by atoms with Gasteiger partial charge in [-0.3, -0.25) is 0 Å². The van der Waals surface area contributed by atoms with E-state index in [1.165, 1.54) is 0 Å². The van der Waals surface area contributed by atoms with E-state index in [2.05, 4.69) is 10.2 Å². The van der Waals surface area contributed by atoms with Gasteiger partial charge in [0.1, 0.15) is 0 Å². The molecule has 0 saturated carbocycles. The average Bonchev–Trinajstić information content (AvgIpc) is 2.48. The Balaban J connectivity index is 2.30. The lowest BCUT2D eigenvalue weighted by Gasteiger charge is -2.12. The molecule has 2 rings (SSSR count). The Bertz CT molecular complexity index is 521. The molecule has 0 spiro atoms. The summed E-state index contributed by atoms with van der Waals surface area (Å²) in [6, 6.07) is 8.82. The molecule has 2 aromatic rings. The fourth-order valence-corrected chi connectivity index (χ4v) is 1.53. The summed E-state index contributed by atoms with van der Waals surface area (Å²) in [5, 5.41) is 7.85. The fraction of sp³-hybridized carbons (Fsp3) is 0.231. The first-order valence-corrected chi connectivity index (χ1v) is 5.70. The third kappa shape index (κ3) is 2.92.